The molecular formula is C11H19NO2S. The van der Waals surface area contributed by atoms with E-state index in [0.29, 0.717) is 0 Å². The molecule has 0 fully saturated rings. The Labute approximate surface area is 95.3 Å². The van der Waals surface area contributed by atoms with E-state index < -0.39 is 0 Å². The maximum absolute atomic E-state index is 8.62. The Bertz CT molecular complexity index is 291. The van der Waals surface area contributed by atoms with Crippen LogP contribution in [0.4, 0.5) is 0 Å². The molecule has 15 heavy (non-hydrogen) atoms. The summed E-state index contributed by atoms with van der Waals surface area (Å²) in [7, 11) is 0. The Hall–Kier alpha value is -0.480. The first kappa shape index (κ1) is 12.6. The summed E-state index contributed by atoms with van der Waals surface area (Å²) in [6, 6.07) is 0. The van der Waals surface area contributed by atoms with Crippen molar-refractivity contribution in [3.63, 3.8) is 0 Å². The molecule has 0 aromatic carbocycles. The number of aromatic nitrogens is 1. The first-order valence-electron chi connectivity index (χ1n) is 5.18. The maximum Gasteiger partial charge on any atom is 0.204 e. The van der Waals surface area contributed by atoms with E-state index in [2.05, 4.69) is 25.8 Å². The molecular weight excluding hydrogens is 210 g/mol. The Kier molecular flexibility index (Phi) is 4.67. The normalized spacial score (nSPS) is 12.0. The van der Waals surface area contributed by atoms with Gasteiger partial charge in [-0.3, -0.25) is 0 Å². The highest BCUT2D eigenvalue weighted by Crippen LogP contribution is 2.24. The SMILES string of the molecule is CC(C)(C)c1cnc(CSCCCO)o1. The topological polar surface area (TPSA) is 46.3 Å². The number of hydrogen-bond donors (Lipinski definition) is 1. The fourth-order valence-corrected chi connectivity index (χ4v) is 1.84. The molecule has 1 aromatic rings. The largest absolute Gasteiger partial charge is 0.444 e. The first-order valence-corrected chi connectivity index (χ1v) is 6.33. The molecule has 0 saturated carbocycles. The summed E-state index contributed by atoms with van der Waals surface area (Å²) in [5.74, 6) is 3.45. The summed E-state index contributed by atoms with van der Waals surface area (Å²) >= 11 is 1.74. The van der Waals surface area contributed by atoms with Crippen LogP contribution in [-0.4, -0.2) is 22.5 Å². The zero-order chi connectivity index (χ0) is 11.3. The minimum absolute atomic E-state index is 0.0288. The highest BCUT2D eigenvalue weighted by molar-refractivity contribution is 7.98. The van der Waals surface area contributed by atoms with Crippen molar-refractivity contribution in [2.45, 2.75) is 38.4 Å². The second-order valence-corrected chi connectivity index (χ2v) is 5.60. The monoisotopic (exact) mass is 229 g/mol. The average molecular weight is 229 g/mol. The smallest absolute Gasteiger partial charge is 0.204 e. The molecule has 0 unspecified atom stereocenters. The lowest BCUT2D eigenvalue weighted by Crippen LogP contribution is -2.09. The highest BCUT2D eigenvalue weighted by atomic mass is 32.2. The maximum atomic E-state index is 8.62. The highest BCUT2D eigenvalue weighted by Gasteiger charge is 2.18. The van der Waals surface area contributed by atoms with Crippen molar-refractivity contribution in [1.29, 1.82) is 0 Å². The van der Waals surface area contributed by atoms with Gasteiger partial charge in [-0.1, -0.05) is 20.8 Å². The van der Waals surface area contributed by atoms with Crippen molar-refractivity contribution >= 4 is 11.8 Å². The summed E-state index contributed by atoms with van der Waals surface area (Å²) in [5, 5.41) is 8.62. The predicted molar refractivity (Wildman–Crippen MR) is 63.1 cm³/mol. The molecule has 0 atom stereocenters. The second-order valence-electron chi connectivity index (χ2n) is 4.50. The van der Waals surface area contributed by atoms with E-state index in [-0.39, 0.29) is 12.0 Å². The number of aliphatic hydroxyl groups is 1. The lowest BCUT2D eigenvalue weighted by Gasteiger charge is -2.12. The summed E-state index contributed by atoms with van der Waals surface area (Å²) in [6.07, 6.45) is 2.64. The molecule has 1 rings (SSSR count). The van der Waals surface area contributed by atoms with E-state index >= 15 is 0 Å². The Morgan fingerprint density at radius 1 is 1.47 bits per heavy atom. The van der Waals surface area contributed by atoms with Crippen LogP contribution in [0.25, 0.3) is 0 Å². The van der Waals surface area contributed by atoms with E-state index in [1.54, 1.807) is 11.8 Å². The van der Waals surface area contributed by atoms with Gasteiger partial charge < -0.3 is 9.52 Å². The summed E-state index contributed by atoms with van der Waals surface area (Å²) in [4.78, 5) is 4.23. The van der Waals surface area contributed by atoms with Crippen LogP contribution in [0.5, 0.6) is 0 Å². The standard InChI is InChI=1S/C11H19NO2S/c1-11(2,3)9-7-12-10(14-9)8-15-6-4-5-13/h7,13H,4-6,8H2,1-3H3. The van der Waals surface area contributed by atoms with E-state index in [1.807, 2.05) is 6.20 Å². The third kappa shape index (κ3) is 4.26. The molecule has 1 aromatic heterocycles. The Morgan fingerprint density at radius 2 is 2.20 bits per heavy atom. The Balaban J connectivity index is 2.40. The second kappa shape index (κ2) is 5.56. The number of hydrogen-bond acceptors (Lipinski definition) is 4. The molecule has 0 amide bonds. The van der Waals surface area contributed by atoms with Crippen LogP contribution in [0.3, 0.4) is 0 Å². The van der Waals surface area contributed by atoms with Gasteiger partial charge in [0, 0.05) is 12.0 Å². The van der Waals surface area contributed by atoms with Gasteiger partial charge in [-0.25, -0.2) is 4.98 Å². The van der Waals surface area contributed by atoms with Crippen LogP contribution in [-0.2, 0) is 11.2 Å². The molecule has 0 radical (unpaired) electrons. The van der Waals surface area contributed by atoms with Crippen LogP contribution >= 0.6 is 11.8 Å². The van der Waals surface area contributed by atoms with Gasteiger partial charge in [0.1, 0.15) is 5.76 Å². The quantitative estimate of drug-likeness (QED) is 0.788. The number of rotatable bonds is 5. The third-order valence-corrected chi connectivity index (χ3v) is 2.99. The molecule has 0 saturated heterocycles. The predicted octanol–water partition coefficient (Wildman–Crippen LogP) is 2.59. The minimum Gasteiger partial charge on any atom is -0.444 e. The van der Waals surface area contributed by atoms with Crippen LogP contribution < -0.4 is 0 Å². The summed E-state index contributed by atoms with van der Waals surface area (Å²) in [6.45, 7) is 6.58. The Morgan fingerprint density at radius 3 is 2.73 bits per heavy atom. The summed E-state index contributed by atoms with van der Waals surface area (Å²) < 4.78 is 5.63. The van der Waals surface area contributed by atoms with Crippen molar-refractivity contribution in [1.82, 2.24) is 4.98 Å². The van der Waals surface area contributed by atoms with Gasteiger partial charge in [-0.2, -0.15) is 11.8 Å². The van der Waals surface area contributed by atoms with Gasteiger partial charge in [-0.15, -0.1) is 0 Å². The van der Waals surface area contributed by atoms with Gasteiger partial charge >= 0.3 is 0 Å². The van der Waals surface area contributed by atoms with Gasteiger partial charge in [0.15, 0.2) is 0 Å². The van der Waals surface area contributed by atoms with Crippen LogP contribution in [0.1, 0.15) is 38.8 Å². The lowest BCUT2D eigenvalue weighted by molar-refractivity contribution is 0.296. The first-order chi connectivity index (χ1) is 7.04. The fraction of sp³-hybridized carbons (Fsp3) is 0.727. The molecule has 3 nitrogen and oxygen atoms in total. The van der Waals surface area contributed by atoms with Crippen molar-refractivity contribution in [3.8, 4) is 0 Å². The van der Waals surface area contributed by atoms with Gasteiger partial charge in [-0.05, 0) is 12.2 Å². The van der Waals surface area contributed by atoms with Crippen molar-refractivity contribution in [2.24, 2.45) is 0 Å². The molecule has 0 bridgehead atoms. The molecule has 0 aliphatic heterocycles. The van der Waals surface area contributed by atoms with Crippen LogP contribution in [0, 0.1) is 0 Å². The van der Waals surface area contributed by atoms with Crippen LogP contribution in [0.2, 0.25) is 0 Å². The molecule has 0 aliphatic carbocycles. The van der Waals surface area contributed by atoms with E-state index in [1.165, 1.54) is 0 Å². The molecule has 4 heteroatoms. The summed E-state index contributed by atoms with van der Waals surface area (Å²) in [5.41, 5.74) is 0.0288. The molecule has 86 valence electrons. The number of nitrogens with zero attached hydrogens (tertiary/aromatic N) is 1. The van der Waals surface area contributed by atoms with Crippen LogP contribution in [0.15, 0.2) is 10.6 Å². The zero-order valence-electron chi connectivity index (χ0n) is 9.62. The van der Waals surface area contributed by atoms with Gasteiger partial charge in [0.05, 0.1) is 11.9 Å². The molecule has 0 spiro atoms. The number of thioether (sulfide) groups is 1. The van der Waals surface area contributed by atoms with Gasteiger partial charge in [0.2, 0.25) is 5.89 Å². The van der Waals surface area contributed by atoms with E-state index in [4.69, 9.17) is 9.52 Å². The number of oxazole rings is 1. The van der Waals surface area contributed by atoms with Crippen molar-refractivity contribution in [3.05, 3.63) is 17.8 Å². The average Bonchev–Trinajstić information content (AvgIpc) is 2.60. The number of aliphatic hydroxyl groups excluding tert-OH is 1. The van der Waals surface area contributed by atoms with E-state index in [0.717, 1.165) is 29.6 Å². The van der Waals surface area contributed by atoms with Crippen molar-refractivity contribution < 1.29 is 9.52 Å². The van der Waals surface area contributed by atoms with E-state index in [9.17, 15) is 0 Å². The third-order valence-electron chi connectivity index (χ3n) is 1.97. The molecule has 0 aliphatic rings. The molecule has 1 heterocycles. The van der Waals surface area contributed by atoms with Gasteiger partial charge in [0.25, 0.3) is 0 Å². The fourth-order valence-electron chi connectivity index (χ4n) is 1.05. The lowest BCUT2D eigenvalue weighted by atomic mass is 9.94. The minimum atomic E-state index is 0.0288. The molecule has 1 N–H and O–H groups in total. The van der Waals surface area contributed by atoms with Crippen molar-refractivity contribution in [2.75, 3.05) is 12.4 Å². The zero-order valence-corrected chi connectivity index (χ0v) is 10.4.